The summed E-state index contributed by atoms with van der Waals surface area (Å²) in [5.74, 6) is -2.42. The molecular weight excluding hydrogens is 366 g/mol. The average molecular weight is 384 g/mol. The summed E-state index contributed by atoms with van der Waals surface area (Å²) in [7, 11) is 0. The quantitative estimate of drug-likeness (QED) is 0.620. The number of rotatable bonds is 5. The second-order valence-corrected chi connectivity index (χ2v) is 5.78. The second-order valence-electron chi connectivity index (χ2n) is 4.86. The Morgan fingerprint density at radius 1 is 1.26 bits per heavy atom. The van der Waals surface area contributed by atoms with E-state index in [9.17, 15) is 9.59 Å². The molecule has 6 nitrogen and oxygen atoms in total. The molecule has 1 aliphatic heterocycles. The van der Waals surface area contributed by atoms with Gasteiger partial charge in [-0.3, -0.25) is 9.59 Å². The molecule has 124 valence electrons. The number of hydrogen-bond donors (Lipinski definition) is 1. The Balaban J connectivity index is 2.48. The van der Waals surface area contributed by atoms with E-state index in [0.717, 1.165) is 4.47 Å². The van der Waals surface area contributed by atoms with Crippen molar-refractivity contribution in [3.8, 4) is 5.75 Å². The highest BCUT2D eigenvalue weighted by Gasteiger charge is 2.40. The van der Waals surface area contributed by atoms with Gasteiger partial charge in [0.25, 0.3) is 0 Å². The largest absolute Gasteiger partial charge is 0.465 e. The van der Waals surface area contributed by atoms with Crippen molar-refractivity contribution < 1.29 is 23.8 Å². The average Bonchev–Trinajstić information content (AvgIpc) is 2.48. The first-order valence-electron chi connectivity index (χ1n) is 7.25. The van der Waals surface area contributed by atoms with Gasteiger partial charge in [0, 0.05) is 16.0 Å². The van der Waals surface area contributed by atoms with Crippen LogP contribution >= 0.6 is 15.9 Å². The Hall–Kier alpha value is -2.02. The molecule has 0 bridgehead atoms. The van der Waals surface area contributed by atoms with E-state index in [1.54, 1.807) is 32.0 Å². The first-order chi connectivity index (χ1) is 11.0. The summed E-state index contributed by atoms with van der Waals surface area (Å²) in [4.78, 5) is 24.6. The van der Waals surface area contributed by atoms with Crippen LogP contribution in [0.3, 0.4) is 0 Å². The molecule has 1 unspecified atom stereocenters. The number of carbonyl (C=O) groups excluding carboxylic acids is 2. The lowest BCUT2D eigenvalue weighted by molar-refractivity contribution is -0.162. The molecule has 1 aromatic rings. The fourth-order valence-corrected chi connectivity index (χ4v) is 2.81. The summed E-state index contributed by atoms with van der Waals surface area (Å²) >= 11 is 3.38. The zero-order valence-electron chi connectivity index (χ0n) is 12.9. The van der Waals surface area contributed by atoms with Gasteiger partial charge in [-0.15, -0.1) is 0 Å². The van der Waals surface area contributed by atoms with Gasteiger partial charge in [0.05, 0.1) is 13.2 Å². The summed E-state index contributed by atoms with van der Waals surface area (Å²) in [5, 5.41) is 0. The van der Waals surface area contributed by atoms with E-state index in [2.05, 4.69) is 15.9 Å². The zero-order chi connectivity index (χ0) is 17.0. The van der Waals surface area contributed by atoms with E-state index < -0.39 is 23.8 Å². The van der Waals surface area contributed by atoms with Crippen LogP contribution in [-0.4, -0.2) is 25.2 Å². The predicted molar refractivity (Wildman–Crippen MR) is 86.5 cm³/mol. The zero-order valence-corrected chi connectivity index (χ0v) is 14.5. The van der Waals surface area contributed by atoms with Crippen LogP contribution in [0.15, 0.2) is 34.6 Å². The molecule has 7 heteroatoms. The Morgan fingerprint density at radius 3 is 2.43 bits per heavy atom. The molecule has 0 spiro atoms. The third kappa shape index (κ3) is 3.85. The summed E-state index contributed by atoms with van der Waals surface area (Å²) < 4.78 is 16.3. The number of fused-ring (bicyclic) bond motifs is 1. The van der Waals surface area contributed by atoms with E-state index in [-0.39, 0.29) is 19.1 Å². The normalized spacial score (nSPS) is 16.2. The molecule has 23 heavy (non-hydrogen) atoms. The monoisotopic (exact) mass is 383 g/mol. The highest BCUT2D eigenvalue weighted by molar-refractivity contribution is 9.10. The van der Waals surface area contributed by atoms with Gasteiger partial charge in [0.1, 0.15) is 5.75 Å². The molecule has 2 N–H and O–H groups in total. The molecule has 1 heterocycles. The molecule has 0 radical (unpaired) electrons. The van der Waals surface area contributed by atoms with Crippen LogP contribution in [-0.2, 0) is 19.1 Å². The first-order valence-corrected chi connectivity index (χ1v) is 8.05. The van der Waals surface area contributed by atoms with Gasteiger partial charge in [-0.05, 0) is 38.1 Å². The molecule has 0 aliphatic carbocycles. The van der Waals surface area contributed by atoms with Crippen LogP contribution in [0.1, 0.15) is 25.3 Å². The molecule has 0 saturated carbocycles. The predicted octanol–water partition coefficient (Wildman–Crippen LogP) is 2.47. The Labute approximate surface area is 142 Å². The number of benzene rings is 1. The van der Waals surface area contributed by atoms with Gasteiger partial charge in [-0.1, -0.05) is 15.9 Å². The second kappa shape index (κ2) is 7.50. The maximum Gasteiger partial charge on any atom is 0.321 e. The van der Waals surface area contributed by atoms with Crippen LogP contribution in [0.4, 0.5) is 0 Å². The van der Waals surface area contributed by atoms with Gasteiger partial charge in [0.2, 0.25) is 0 Å². The van der Waals surface area contributed by atoms with Crippen LogP contribution in [0.2, 0.25) is 0 Å². The van der Waals surface area contributed by atoms with Crippen LogP contribution in [0.25, 0.3) is 0 Å². The highest BCUT2D eigenvalue weighted by atomic mass is 79.9. The Morgan fingerprint density at radius 2 is 1.87 bits per heavy atom. The molecule has 1 atom stereocenters. The van der Waals surface area contributed by atoms with Crippen molar-refractivity contribution in [3.63, 3.8) is 0 Å². The Kier molecular flexibility index (Phi) is 5.65. The van der Waals surface area contributed by atoms with E-state index in [0.29, 0.717) is 11.3 Å². The fourth-order valence-electron chi connectivity index (χ4n) is 2.43. The highest BCUT2D eigenvalue weighted by Crippen LogP contribution is 2.40. The van der Waals surface area contributed by atoms with Crippen LogP contribution in [0.5, 0.6) is 5.75 Å². The number of esters is 2. The van der Waals surface area contributed by atoms with Crippen molar-refractivity contribution in [2.24, 2.45) is 11.7 Å². The number of ether oxygens (including phenoxy) is 3. The number of halogens is 1. The van der Waals surface area contributed by atoms with E-state index in [1.807, 2.05) is 0 Å². The minimum absolute atomic E-state index is 0.128. The van der Waals surface area contributed by atoms with E-state index >= 15 is 0 Å². The summed E-state index contributed by atoms with van der Waals surface area (Å²) in [6.45, 7) is 3.70. The molecule has 0 aromatic heterocycles. The van der Waals surface area contributed by atoms with Gasteiger partial charge < -0.3 is 19.9 Å². The topological polar surface area (TPSA) is 87.9 Å². The van der Waals surface area contributed by atoms with Crippen LogP contribution in [0, 0.1) is 5.92 Å². The molecule has 0 saturated heterocycles. The van der Waals surface area contributed by atoms with Gasteiger partial charge in [-0.25, -0.2) is 0 Å². The van der Waals surface area contributed by atoms with Gasteiger partial charge in [0.15, 0.2) is 11.8 Å². The molecule has 0 amide bonds. The van der Waals surface area contributed by atoms with Crippen molar-refractivity contribution >= 4 is 27.9 Å². The molecule has 0 fully saturated rings. The number of nitrogens with two attached hydrogens (primary N) is 1. The molecule has 1 aliphatic rings. The number of hydrogen-bond acceptors (Lipinski definition) is 6. The lowest BCUT2D eigenvalue weighted by Crippen LogP contribution is -2.34. The molecule has 2 rings (SSSR count). The van der Waals surface area contributed by atoms with Crippen molar-refractivity contribution in [1.82, 2.24) is 0 Å². The van der Waals surface area contributed by atoms with Crippen molar-refractivity contribution in [2.45, 2.75) is 19.8 Å². The smallest absolute Gasteiger partial charge is 0.321 e. The van der Waals surface area contributed by atoms with E-state index in [1.165, 1.54) is 6.08 Å². The van der Waals surface area contributed by atoms with Crippen molar-refractivity contribution in [1.29, 1.82) is 0 Å². The number of carbonyl (C=O) groups is 2. The van der Waals surface area contributed by atoms with Gasteiger partial charge >= 0.3 is 11.9 Å². The lowest BCUT2D eigenvalue weighted by Gasteiger charge is -2.27. The summed E-state index contributed by atoms with van der Waals surface area (Å²) in [6.07, 6.45) is 1.54. The fraction of sp³-hybridized carbons (Fsp3) is 0.375. The Bertz CT molecular complexity index is 625. The van der Waals surface area contributed by atoms with Crippen molar-refractivity contribution in [3.05, 3.63) is 40.2 Å². The first kappa shape index (κ1) is 17.3. The SMILES string of the molecule is CCOC(=O)C(C(=O)OCC)C1C=C(N)Oc2ccc(Br)cc21. The third-order valence-electron chi connectivity index (χ3n) is 3.34. The van der Waals surface area contributed by atoms with Crippen LogP contribution < -0.4 is 10.5 Å². The van der Waals surface area contributed by atoms with E-state index in [4.69, 9.17) is 19.9 Å². The van der Waals surface area contributed by atoms with Gasteiger partial charge in [-0.2, -0.15) is 0 Å². The maximum absolute atomic E-state index is 12.3. The molecule has 1 aromatic carbocycles. The minimum Gasteiger partial charge on any atom is -0.465 e. The van der Waals surface area contributed by atoms with Crippen molar-refractivity contribution in [2.75, 3.05) is 13.2 Å². The summed E-state index contributed by atoms with van der Waals surface area (Å²) in [5.41, 5.74) is 6.45. The minimum atomic E-state index is -1.13. The maximum atomic E-state index is 12.3. The number of allylic oxidation sites excluding steroid dienone is 1. The lowest BCUT2D eigenvalue weighted by atomic mass is 9.84. The summed E-state index contributed by atoms with van der Waals surface area (Å²) in [6, 6.07) is 5.30. The third-order valence-corrected chi connectivity index (χ3v) is 3.84. The molecular formula is C16H18BrNO5. The standard InChI is InChI=1S/C16H18BrNO5/c1-3-21-15(19)14(16(20)22-4-2)11-8-13(18)23-12-6-5-9(17)7-10(11)12/h5-8,11,14H,3-4,18H2,1-2H3.